The van der Waals surface area contributed by atoms with Crippen molar-refractivity contribution >= 4 is 61.5 Å². The maximum atomic E-state index is 12.5. The second kappa shape index (κ2) is 6.29. The van der Waals surface area contributed by atoms with Gasteiger partial charge in [-0.05, 0) is 41.1 Å². The summed E-state index contributed by atoms with van der Waals surface area (Å²) in [6.07, 6.45) is 0. The quantitative estimate of drug-likeness (QED) is 0.553. The minimum absolute atomic E-state index is 0.193. The summed E-state index contributed by atoms with van der Waals surface area (Å²) in [5, 5.41) is 5.57. The van der Waals surface area contributed by atoms with Crippen LogP contribution < -0.4 is 5.32 Å². The van der Waals surface area contributed by atoms with E-state index in [1.807, 2.05) is 30.3 Å². The number of amides is 1. The van der Waals surface area contributed by atoms with Crippen molar-refractivity contribution in [2.75, 3.05) is 5.32 Å². The maximum Gasteiger partial charge on any atom is 0.256 e. The molecule has 0 aromatic heterocycles. The molecule has 2 nitrogen and oxygen atoms in total. The number of rotatable bonds is 2. The third-order valence-electron chi connectivity index (χ3n) is 3.29. The van der Waals surface area contributed by atoms with Crippen molar-refractivity contribution in [1.82, 2.24) is 0 Å². The minimum Gasteiger partial charge on any atom is -0.322 e. The van der Waals surface area contributed by atoms with Crippen LogP contribution in [-0.4, -0.2) is 5.91 Å². The van der Waals surface area contributed by atoms with Gasteiger partial charge in [-0.25, -0.2) is 0 Å². The summed E-state index contributed by atoms with van der Waals surface area (Å²) in [6.45, 7) is 0. The third kappa shape index (κ3) is 2.98. The Kier molecular flexibility index (Phi) is 4.39. The molecular weight excluding hydrogens is 385 g/mol. The van der Waals surface area contributed by atoms with Gasteiger partial charge in [0.25, 0.3) is 5.91 Å². The van der Waals surface area contributed by atoms with Gasteiger partial charge in [0, 0.05) is 15.7 Å². The van der Waals surface area contributed by atoms with Crippen LogP contribution in [0.5, 0.6) is 0 Å². The average Bonchev–Trinajstić information content (AvgIpc) is 2.51. The summed E-state index contributed by atoms with van der Waals surface area (Å²) < 4.78 is 0.953. The van der Waals surface area contributed by atoms with Gasteiger partial charge in [-0.2, -0.15) is 0 Å². The Bertz CT molecular complexity index is 880. The summed E-state index contributed by atoms with van der Waals surface area (Å²) in [5.41, 5.74) is 1.20. The molecule has 0 aliphatic rings. The van der Waals surface area contributed by atoms with E-state index in [1.54, 1.807) is 24.3 Å². The van der Waals surface area contributed by atoms with Gasteiger partial charge in [0.15, 0.2) is 0 Å². The second-order valence-corrected chi connectivity index (χ2v) is 6.39. The van der Waals surface area contributed by atoms with Gasteiger partial charge in [-0.1, -0.05) is 63.4 Å². The van der Waals surface area contributed by atoms with E-state index in [0.29, 0.717) is 21.3 Å². The lowest BCUT2D eigenvalue weighted by atomic mass is 10.0. The monoisotopic (exact) mass is 393 g/mol. The number of hydrogen-bond donors (Lipinski definition) is 1. The first-order valence-electron chi connectivity index (χ1n) is 6.50. The number of fused-ring (bicyclic) bond motifs is 1. The van der Waals surface area contributed by atoms with Crippen LogP contribution in [0.4, 0.5) is 5.69 Å². The average molecular weight is 395 g/mol. The zero-order valence-corrected chi connectivity index (χ0v) is 14.3. The number of anilines is 1. The molecule has 0 saturated carbocycles. The van der Waals surface area contributed by atoms with Crippen LogP contribution in [0.1, 0.15) is 10.4 Å². The smallest absolute Gasteiger partial charge is 0.256 e. The maximum absolute atomic E-state index is 12.5. The molecule has 0 aliphatic carbocycles. The van der Waals surface area contributed by atoms with Crippen molar-refractivity contribution in [3.05, 3.63) is 74.7 Å². The molecule has 0 unspecified atom stereocenters. The van der Waals surface area contributed by atoms with E-state index in [4.69, 9.17) is 23.2 Å². The number of carbonyl (C=O) groups excluding carboxylic acids is 1. The second-order valence-electron chi connectivity index (χ2n) is 4.72. The molecule has 3 aromatic carbocycles. The first kappa shape index (κ1) is 15.3. The van der Waals surface area contributed by atoms with Gasteiger partial charge in [-0.15, -0.1) is 0 Å². The predicted molar refractivity (Wildman–Crippen MR) is 96.1 cm³/mol. The van der Waals surface area contributed by atoms with Gasteiger partial charge >= 0.3 is 0 Å². The Balaban J connectivity index is 1.99. The Morgan fingerprint density at radius 2 is 1.64 bits per heavy atom. The first-order valence-corrected chi connectivity index (χ1v) is 8.05. The number of benzene rings is 3. The van der Waals surface area contributed by atoms with Gasteiger partial charge in [-0.3, -0.25) is 4.79 Å². The van der Waals surface area contributed by atoms with Crippen LogP contribution >= 0.6 is 39.1 Å². The van der Waals surface area contributed by atoms with E-state index in [-0.39, 0.29) is 5.91 Å². The highest BCUT2D eigenvalue weighted by Gasteiger charge is 2.11. The van der Waals surface area contributed by atoms with Gasteiger partial charge in [0.05, 0.1) is 10.0 Å². The fraction of sp³-hybridized carbons (Fsp3) is 0. The highest BCUT2D eigenvalue weighted by molar-refractivity contribution is 9.10. The number of halogens is 3. The van der Waals surface area contributed by atoms with Crippen LogP contribution in [0.2, 0.25) is 10.0 Å². The SMILES string of the molecule is O=C(Nc1ccc(Cl)c(Cl)c1)c1cccc2c(Br)cccc12. The van der Waals surface area contributed by atoms with E-state index >= 15 is 0 Å². The predicted octanol–water partition coefficient (Wildman–Crippen LogP) is 6.16. The first-order chi connectivity index (χ1) is 10.6. The lowest BCUT2D eigenvalue weighted by molar-refractivity contribution is 0.102. The topological polar surface area (TPSA) is 29.1 Å². The lowest BCUT2D eigenvalue weighted by Crippen LogP contribution is -2.12. The Morgan fingerprint density at radius 1 is 0.909 bits per heavy atom. The molecule has 3 aromatic rings. The highest BCUT2D eigenvalue weighted by atomic mass is 79.9. The largest absolute Gasteiger partial charge is 0.322 e. The number of hydrogen-bond acceptors (Lipinski definition) is 1. The standard InChI is InChI=1S/C17H10BrCl2NO/c18-14-6-2-3-11-12(14)4-1-5-13(11)17(22)21-10-7-8-15(19)16(20)9-10/h1-9H,(H,21,22). The van der Waals surface area contributed by atoms with Crippen molar-refractivity contribution in [1.29, 1.82) is 0 Å². The van der Waals surface area contributed by atoms with E-state index in [9.17, 15) is 4.79 Å². The molecule has 0 atom stereocenters. The normalized spacial score (nSPS) is 10.7. The summed E-state index contributed by atoms with van der Waals surface area (Å²) in [6, 6.07) is 16.4. The molecule has 0 aliphatic heterocycles. The molecule has 1 amide bonds. The molecule has 0 fully saturated rings. The molecule has 0 saturated heterocycles. The van der Waals surface area contributed by atoms with Crippen molar-refractivity contribution in [2.45, 2.75) is 0 Å². The summed E-state index contributed by atoms with van der Waals surface area (Å²) in [4.78, 5) is 12.5. The van der Waals surface area contributed by atoms with E-state index in [0.717, 1.165) is 15.2 Å². The van der Waals surface area contributed by atoms with Gasteiger partial charge < -0.3 is 5.32 Å². The van der Waals surface area contributed by atoms with E-state index in [1.165, 1.54) is 0 Å². The van der Waals surface area contributed by atoms with Crippen LogP contribution in [0.3, 0.4) is 0 Å². The molecule has 0 heterocycles. The molecular formula is C17H10BrCl2NO. The lowest BCUT2D eigenvalue weighted by Gasteiger charge is -2.09. The minimum atomic E-state index is -0.193. The Morgan fingerprint density at radius 3 is 2.41 bits per heavy atom. The van der Waals surface area contributed by atoms with Crippen molar-refractivity contribution in [3.8, 4) is 0 Å². The summed E-state index contributed by atoms with van der Waals surface area (Å²) in [5.74, 6) is -0.193. The Labute approximate surface area is 146 Å². The number of nitrogens with one attached hydrogen (secondary N) is 1. The molecule has 3 rings (SSSR count). The summed E-state index contributed by atoms with van der Waals surface area (Å²) in [7, 11) is 0. The third-order valence-corrected chi connectivity index (χ3v) is 4.72. The molecule has 1 N–H and O–H groups in total. The molecule has 0 radical (unpaired) electrons. The molecule has 0 spiro atoms. The van der Waals surface area contributed by atoms with Crippen molar-refractivity contribution in [3.63, 3.8) is 0 Å². The molecule has 5 heteroatoms. The van der Waals surface area contributed by atoms with Crippen LogP contribution in [0.25, 0.3) is 10.8 Å². The highest BCUT2D eigenvalue weighted by Crippen LogP contribution is 2.28. The van der Waals surface area contributed by atoms with Gasteiger partial charge in [0.1, 0.15) is 0 Å². The van der Waals surface area contributed by atoms with Crippen molar-refractivity contribution < 1.29 is 4.79 Å². The van der Waals surface area contributed by atoms with E-state index < -0.39 is 0 Å². The van der Waals surface area contributed by atoms with Crippen molar-refractivity contribution in [2.24, 2.45) is 0 Å². The fourth-order valence-electron chi connectivity index (χ4n) is 2.24. The molecule has 22 heavy (non-hydrogen) atoms. The molecule has 0 bridgehead atoms. The van der Waals surface area contributed by atoms with E-state index in [2.05, 4.69) is 21.2 Å². The Hall–Kier alpha value is -1.55. The van der Waals surface area contributed by atoms with Gasteiger partial charge in [0.2, 0.25) is 0 Å². The van der Waals surface area contributed by atoms with Crippen LogP contribution in [0.15, 0.2) is 59.1 Å². The number of carbonyl (C=O) groups is 1. The zero-order chi connectivity index (χ0) is 15.7. The van der Waals surface area contributed by atoms with Crippen LogP contribution in [0, 0.1) is 0 Å². The van der Waals surface area contributed by atoms with Crippen LogP contribution in [-0.2, 0) is 0 Å². The zero-order valence-electron chi connectivity index (χ0n) is 11.2. The molecule has 110 valence electrons. The fourth-order valence-corrected chi connectivity index (χ4v) is 3.04. The summed E-state index contributed by atoms with van der Waals surface area (Å²) >= 11 is 15.4.